The van der Waals surface area contributed by atoms with Crippen LogP contribution in [0.25, 0.3) is 0 Å². The van der Waals surface area contributed by atoms with Crippen molar-refractivity contribution in [2.45, 2.75) is 25.8 Å². The zero-order valence-corrected chi connectivity index (χ0v) is 11.1. The number of carbonyl (C=O) groups is 2. The van der Waals surface area contributed by atoms with E-state index in [9.17, 15) is 9.59 Å². The second kappa shape index (κ2) is 8.05. The topological polar surface area (TPSA) is 67.9 Å². The standard InChI is InChI=1S/C12H22N2O4/c1-10(12(16)14-5-3-4-6-14)13-11(15)9-18-8-7-17-2/h10H,3-9H2,1-2H3,(H,13,15). The van der Waals surface area contributed by atoms with Crippen molar-refractivity contribution in [3.8, 4) is 0 Å². The van der Waals surface area contributed by atoms with Crippen LogP contribution in [0.2, 0.25) is 0 Å². The summed E-state index contributed by atoms with van der Waals surface area (Å²) < 4.78 is 9.87. The number of likely N-dealkylation sites (tertiary alicyclic amines) is 1. The number of rotatable bonds is 7. The first-order valence-electron chi connectivity index (χ1n) is 6.30. The zero-order valence-electron chi connectivity index (χ0n) is 11.1. The average Bonchev–Trinajstić information content (AvgIpc) is 2.87. The molecule has 0 bridgehead atoms. The van der Waals surface area contributed by atoms with Crippen molar-refractivity contribution in [2.75, 3.05) is 40.0 Å². The van der Waals surface area contributed by atoms with Crippen LogP contribution in [0.15, 0.2) is 0 Å². The van der Waals surface area contributed by atoms with Gasteiger partial charge in [-0.1, -0.05) is 0 Å². The van der Waals surface area contributed by atoms with E-state index in [4.69, 9.17) is 9.47 Å². The van der Waals surface area contributed by atoms with E-state index in [2.05, 4.69) is 5.32 Å². The summed E-state index contributed by atoms with van der Waals surface area (Å²) in [5, 5.41) is 2.64. The fourth-order valence-electron chi connectivity index (χ4n) is 1.86. The molecule has 0 aromatic carbocycles. The molecule has 1 aliphatic rings. The molecule has 1 heterocycles. The predicted molar refractivity (Wildman–Crippen MR) is 66.1 cm³/mol. The fourth-order valence-corrected chi connectivity index (χ4v) is 1.86. The van der Waals surface area contributed by atoms with Gasteiger partial charge in [0.05, 0.1) is 13.2 Å². The minimum atomic E-state index is -0.485. The Balaban J connectivity index is 2.19. The Labute approximate surface area is 108 Å². The van der Waals surface area contributed by atoms with Gasteiger partial charge in [-0.3, -0.25) is 9.59 Å². The van der Waals surface area contributed by atoms with Gasteiger partial charge in [0.2, 0.25) is 11.8 Å². The van der Waals surface area contributed by atoms with Gasteiger partial charge in [-0.25, -0.2) is 0 Å². The van der Waals surface area contributed by atoms with Crippen LogP contribution in [-0.2, 0) is 19.1 Å². The summed E-state index contributed by atoms with van der Waals surface area (Å²) in [5.74, 6) is -0.288. The van der Waals surface area contributed by atoms with Crippen LogP contribution in [0.1, 0.15) is 19.8 Å². The van der Waals surface area contributed by atoms with E-state index >= 15 is 0 Å². The van der Waals surface area contributed by atoms with Gasteiger partial charge in [-0.2, -0.15) is 0 Å². The Morgan fingerprint density at radius 1 is 1.28 bits per heavy atom. The summed E-state index contributed by atoms with van der Waals surface area (Å²) in [5.41, 5.74) is 0. The molecule has 0 aromatic heterocycles. The molecular formula is C12H22N2O4. The maximum absolute atomic E-state index is 11.9. The van der Waals surface area contributed by atoms with Gasteiger partial charge >= 0.3 is 0 Å². The predicted octanol–water partition coefficient (Wildman–Crippen LogP) is -0.223. The monoisotopic (exact) mass is 258 g/mol. The normalized spacial score (nSPS) is 16.7. The molecule has 0 aromatic rings. The van der Waals surface area contributed by atoms with E-state index in [0.717, 1.165) is 25.9 Å². The van der Waals surface area contributed by atoms with Crippen molar-refractivity contribution < 1.29 is 19.1 Å². The fraction of sp³-hybridized carbons (Fsp3) is 0.833. The van der Waals surface area contributed by atoms with Crippen molar-refractivity contribution in [1.82, 2.24) is 10.2 Å². The van der Waals surface area contributed by atoms with E-state index in [1.165, 1.54) is 0 Å². The molecule has 0 spiro atoms. The summed E-state index contributed by atoms with van der Waals surface area (Å²) in [6.45, 7) is 4.08. The summed E-state index contributed by atoms with van der Waals surface area (Å²) >= 11 is 0. The minimum Gasteiger partial charge on any atom is -0.382 e. The van der Waals surface area contributed by atoms with Gasteiger partial charge in [0.25, 0.3) is 0 Å². The van der Waals surface area contributed by atoms with Crippen molar-refractivity contribution in [3.05, 3.63) is 0 Å². The van der Waals surface area contributed by atoms with E-state index in [0.29, 0.717) is 13.2 Å². The Kier molecular flexibility index (Phi) is 6.67. The number of hydrogen-bond acceptors (Lipinski definition) is 4. The van der Waals surface area contributed by atoms with E-state index < -0.39 is 6.04 Å². The molecule has 18 heavy (non-hydrogen) atoms. The highest BCUT2D eigenvalue weighted by molar-refractivity contribution is 5.87. The van der Waals surface area contributed by atoms with Crippen LogP contribution in [0.4, 0.5) is 0 Å². The maximum atomic E-state index is 11.9. The molecule has 104 valence electrons. The van der Waals surface area contributed by atoms with Gasteiger partial charge in [-0.05, 0) is 19.8 Å². The summed E-state index contributed by atoms with van der Waals surface area (Å²) in [6.07, 6.45) is 2.10. The maximum Gasteiger partial charge on any atom is 0.246 e. The van der Waals surface area contributed by atoms with E-state index in [1.807, 2.05) is 0 Å². The summed E-state index contributed by atoms with van der Waals surface area (Å²) in [6, 6.07) is -0.485. The quantitative estimate of drug-likeness (QED) is 0.641. The van der Waals surface area contributed by atoms with Gasteiger partial charge in [0.1, 0.15) is 12.6 Å². The second-order valence-electron chi connectivity index (χ2n) is 4.37. The number of hydrogen-bond donors (Lipinski definition) is 1. The summed E-state index contributed by atoms with van der Waals surface area (Å²) in [7, 11) is 1.57. The molecular weight excluding hydrogens is 236 g/mol. The largest absolute Gasteiger partial charge is 0.382 e. The first-order chi connectivity index (χ1) is 8.65. The Morgan fingerprint density at radius 2 is 1.94 bits per heavy atom. The van der Waals surface area contributed by atoms with Gasteiger partial charge in [-0.15, -0.1) is 0 Å². The first kappa shape index (κ1) is 14.9. The van der Waals surface area contributed by atoms with Crippen LogP contribution < -0.4 is 5.32 Å². The Hall–Kier alpha value is -1.14. The molecule has 1 N–H and O–H groups in total. The average molecular weight is 258 g/mol. The van der Waals surface area contributed by atoms with Gasteiger partial charge in [0, 0.05) is 20.2 Å². The Bertz CT molecular complexity index is 277. The van der Waals surface area contributed by atoms with Gasteiger partial charge in [0.15, 0.2) is 0 Å². The molecule has 0 aliphatic carbocycles. The number of nitrogens with zero attached hydrogens (tertiary/aromatic N) is 1. The van der Waals surface area contributed by atoms with Crippen molar-refractivity contribution in [2.24, 2.45) is 0 Å². The third kappa shape index (κ3) is 5.01. The second-order valence-corrected chi connectivity index (χ2v) is 4.37. The molecule has 6 nitrogen and oxygen atoms in total. The third-order valence-electron chi connectivity index (χ3n) is 2.83. The number of ether oxygens (including phenoxy) is 2. The highest BCUT2D eigenvalue weighted by Crippen LogP contribution is 2.08. The first-order valence-corrected chi connectivity index (χ1v) is 6.30. The number of carbonyl (C=O) groups excluding carboxylic acids is 2. The molecule has 6 heteroatoms. The molecule has 0 radical (unpaired) electrons. The highest BCUT2D eigenvalue weighted by atomic mass is 16.5. The molecule has 1 aliphatic heterocycles. The number of methoxy groups -OCH3 is 1. The van der Waals surface area contributed by atoms with Crippen LogP contribution in [-0.4, -0.2) is 62.8 Å². The molecule has 1 fully saturated rings. The smallest absolute Gasteiger partial charge is 0.246 e. The number of nitrogens with one attached hydrogen (secondary N) is 1. The zero-order chi connectivity index (χ0) is 13.4. The van der Waals surface area contributed by atoms with Crippen LogP contribution in [0.5, 0.6) is 0 Å². The van der Waals surface area contributed by atoms with Crippen molar-refractivity contribution in [1.29, 1.82) is 0 Å². The highest BCUT2D eigenvalue weighted by Gasteiger charge is 2.24. The lowest BCUT2D eigenvalue weighted by Crippen LogP contribution is -2.47. The Morgan fingerprint density at radius 3 is 2.56 bits per heavy atom. The van der Waals surface area contributed by atoms with E-state index in [1.54, 1.807) is 18.9 Å². The van der Waals surface area contributed by atoms with E-state index in [-0.39, 0.29) is 18.4 Å². The van der Waals surface area contributed by atoms with Crippen molar-refractivity contribution in [3.63, 3.8) is 0 Å². The van der Waals surface area contributed by atoms with Gasteiger partial charge < -0.3 is 19.7 Å². The molecule has 2 amide bonds. The van der Waals surface area contributed by atoms with Crippen LogP contribution in [0.3, 0.4) is 0 Å². The molecule has 1 saturated heterocycles. The molecule has 1 unspecified atom stereocenters. The molecule has 1 atom stereocenters. The molecule has 0 saturated carbocycles. The lowest BCUT2D eigenvalue weighted by molar-refractivity contribution is -0.136. The van der Waals surface area contributed by atoms with Crippen LogP contribution in [0, 0.1) is 0 Å². The lowest BCUT2D eigenvalue weighted by atomic mass is 10.3. The number of amides is 2. The minimum absolute atomic E-state index is 0.0160. The SMILES string of the molecule is COCCOCC(=O)NC(C)C(=O)N1CCCC1. The lowest BCUT2D eigenvalue weighted by Gasteiger charge is -2.21. The van der Waals surface area contributed by atoms with Crippen molar-refractivity contribution >= 4 is 11.8 Å². The van der Waals surface area contributed by atoms with Crippen LogP contribution >= 0.6 is 0 Å². The third-order valence-corrected chi connectivity index (χ3v) is 2.83. The summed E-state index contributed by atoms with van der Waals surface area (Å²) in [4.78, 5) is 25.2. The molecule has 1 rings (SSSR count).